The van der Waals surface area contributed by atoms with E-state index in [1.165, 1.54) is 12.1 Å². The first-order chi connectivity index (χ1) is 14.4. The van der Waals surface area contributed by atoms with Gasteiger partial charge in [-0.25, -0.2) is 4.79 Å². The summed E-state index contributed by atoms with van der Waals surface area (Å²) < 4.78 is 12.0. The van der Waals surface area contributed by atoms with Crippen LogP contribution in [0.3, 0.4) is 0 Å². The molecule has 1 aromatic heterocycles. The number of rotatable bonds is 8. The average molecular weight is 409 g/mol. The van der Waals surface area contributed by atoms with Gasteiger partial charge in [0.2, 0.25) is 0 Å². The normalized spacial score (nSPS) is 10.6. The number of nitrogens with zero attached hydrogens (tertiary/aromatic N) is 1. The maximum Gasteiger partial charge on any atom is 0.341 e. The number of carbonyl (C=O) groups excluding carboxylic acids is 1. The monoisotopic (exact) mass is 409 g/mol. The summed E-state index contributed by atoms with van der Waals surface area (Å²) in [6, 6.07) is 15.9. The van der Waals surface area contributed by atoms with Crippen molar-refractivity contribution in [2.24, 2.45) is 0 Å². The van der Waals surface area contributed by atoms with E-state index < -0.39 is 11.9 Å². The van der Waals surface area contributed by atoms with Gasteiger partial charge in [-0.3, -0.25) is 4.79 Å². The number of aryl methyl sites for hydroxylation is 1. The quantitative estimate of drug-likeness (QED) is 0.545. The number of esters is 1. The van der Waals surface area contributed by atoms with Gasteiger partial charge < -0.3 is 24.3 Å². The first kappa shape index (κ1) is 21.0. The molecule has 30 heavy (non-hydrogen) atoms. The Labute approximate surface area is 174 Å². The molecule has 2 N–H and O–H groups in total. The van der Waals surface area contributed by atoms with Crippen molar-refractivity contribution in [2.45, 2.75) is 19.8 Å². The van der Waals surface area contributed by atoms with Crippen LogP contribution in [0.1, 0.15) is 29.4 Å². The molecule has 0 fully saturated rings. The van der Waals surface area contributed by atoms with Crippen LogP contribution in [0.15, 0.2) is 54.6 Å². The molecule has 0 saturated carbocycles. The average Bonchev–Trinajstić information content (AvgIpc) is 3.16. The number of aromatic nitrogens is 1. The molecule has 0 unspecified atom stereocenters. The Morgan fingerprint density at radius 3 is 2.37 bits per heavy atom. The molecule has 0 saturated heterocycles. The van der Waals surface area contributed by atoms with Gasteiger partial charge in [-0.15, -0.1) is 0 Å². The fourth-order valence-corrected chi connectivity index (χ4v) is 3.24. The van der Waals surface area contributed by atoms with E-state index in [2.05, 4.69) is 0 Å². The Morgan fingerprint density at radius 2 is 1.77 bits per heavy atom. The van der Waals surface area contributed by atoms with E-state index >= 15 is 0 Å². The number of carbonyl (C=O) groups is 2. The number of aliphatic carboxylic acids is 1. The first-order valence-corrected chi connectivity index (χ1v) is 9.52. The zero-order valence-electron chi connectivity index (χ0n) is 16.8. The van der Waals surface area contributed by atoms with Crippen LogP contribution in [0.4, 0.5) is 0 Å². The lowest BCUT2D eigenvalue weighted by molar-refractivity contribution is -0.137. The van der Waals surface area contributed by atoms with Crippen LogP contribution in [0.25, 0.3) is 16.9 Å². The van der Waals surface area contributed by atoms with Gasteiger partial charge in [-0.2, -0.15) is 0 Å². The lowest BCUT2D eigenvalue weighted by Crippen LogP contribution is -2.08. The molecule has 2 aromatic carbocycles. The molecular formula is C23H23NO6. The molecule has 7 nitrogen and oxygen atoms in total. The minimum Gasteiger partial charge on any atom is -0.507 e. The molecule has 0 amide bonds. The Balaban J connectivity index is 2.08. The van der Waals surface area contributed by atoms with Crippen LogP contribution < -0.4 is 4.74 Å². The maximum absolute atomic E-state index is 12.0. The van der Waals surface area contributed by atoms with Gasteiger partial charge in [0.15, 0.2) is 0 Å². The summed E-state index contributed by atoms with van der Waals surface area (Å²) in [5.74, 6) is -0.978. The highest BCUT2D eigenvalue weighted by Crippen LogP contribution is 2.31. The summed E-state index contributed by atoms with van der Waals surface area (Å²) in [6.45, 7) is 1.90. The van der Waals surface area contributed by atoms with E-state index in [1.54, 1.807) is 20.1 Å². The van der Waals surface area contributed by atoms with Crippen molar-refractivity contribution in [1.29, 1.82) is 0 Å². The van der Waals surface area contributed by atoms with E-state index in [9.17, 15) is 14.7 Å². The van der Waals surface area contributed by atoms with E-state index in [4.69, 9.17) is 14.6 Å². The lowest BCUT2D eigenvalue weighted by atomic mass is 10.1. The van der Waals surface area contributed by atoms with Crippen LogP contribution in [-0.4, -0.2) is 40.4 Å². The molecule has 156 valence electrons. The number of aromatic hydroxyl groups is 1. The number of benzene rings is 2. The lowest BCUT2D eigenvalue weighted by Gasteiger charge is -2.15. The molecule has 0 atom stereocenters. The summed E-state index contributed by atoms with van der Waals surface area (Å²) in [6.07, 6.45) is 0.283. The standard InChI is InChI=1S/C23H23NO6/c1-3-30-23(28)19-11-6-17(14-21(19)25)24-16(8-13-22(26)27)7-12-20(24)15-4-9-18(29-2)10-5-15/h4-7,9-12,14,25H,3,8,13H2,1-2H3,(H,26,27). The van der Waals surface area contributed by atoms with E-state index in [-0.39, 0.29) is 24.3 Å². The SMILES string of the molecule is CCOC(=O)c1ccc(-n2c(CCC(=O)O)ccc2-c2ccc(OC)cc2)cc1O. The molecule has 0 radical (unpaired) electrons. The third-order valence-electron chi connectivity index (χ3n) is 4.68. The molecule has 0 aliphatic rings. The fourth-order valence-electron chi connectivity index (χ4n) is 3.24. The molecule has 0 bridgehead atoms. The minimum absolute atomic E-state index is 0.0288. The van der Waals surface area contributed by atoms with Gasteiger partial charge in [0, 0.05) is 17.4 Å². The summed E-state index contributed by atoms with van der Waals surface area (Å²) in [7, 11) is 1.59. The zero-order valence-corrected chi connectivity index (χ0v) is 16.8. The second-order valence-corrected chi connectivity index (χ2v) is 6.59. The summed E-state index contributed by atoms with van der Waals surface area (Å²) >= 11 is 0. The zero-order chi connectivity index (χ0) is 21.7. The number of ether oxygens (including phenoxy) is 2. The van der Waals surface area contributed by atoms with Crippen molar-refractivity contribution >= 4 is 11.9 Å². The van der Waals surface area contributed by atoms with Crippen LogP contribution >= 0.6 is 0 Å². The second kappa shape index (κ2) is 9.17. The van der Waals surface area contributed by atoms with Crippen LogP contribution in [0.5, 0.6) is 11.5 Å². The van der Waals surface area contributed by atoms with Crippen molar-refractivity contribution in [1.82, 2.24) is 4.57 Å². The highest BCUT2D eigenvalue weighted by molar-refractivity contribution is 5.92. The van der Waals surface area contributed by atoms with Crippen molar-refractivity contribution in [2.75, 3.05) is 13.7 Å². The minimum atomic E-state index is -0.894. The van der Waals surface area contributed by atoms with Gasteiger partial charge >= 0.3 is 11.9 Å². The topological polar surface area (TPSA) is 98.0 Å². The fraction of sp³-hybridized carbons (Fsp3) is 0.217. The molecule has 3 rings (SSSR count). The van der Waals surface area contributed by atoms with Crippen molar-refractivity contribution in [3.05, 3.63) is 65.9 Å². The van der Waals surface area contributed by atoms with Gasteiger partial charge in [0.1, 0.15) is 17.1 Å². The summed E-state index contributed by atoms with van der Waals surface area (Å²) in [5.41, 5.74) is 3.17. The Bertz CT molecular complexity index is 1050. The smallest absolute Gasteiger partial charge is 0.341 e. The number of methoxy groups -OCH3 is 1. The number of hydrogen-bond acceptors (Lipinski definition) is 5. The van der Waals surface area contributed by atoms with Crippen LogP contribution in [-0.2, 0) is 16.0 Å². The van der Waals surface area contributed by atoms with Gasteiger partial charge in [-0.1, -0.05) is 0 Å². The third kappa shape index (κ3) is 4.46. The highest BCUT2D eigenvalue weighted by Gasteiger charge is 2.17. The largest absolute Gasteiger partial charge is 0.507 e. The molecule has 0 spiro atoms. The van der Waals surface area contributed by atoms with Crippen molar-refractivity contribution in [3.8, 4) is 28.4 Å². The second-order valence-electron chi connectivity index (χ2n) is 6.59. The van der Waals surface area contributed by atoms with Crippen LogP contribution in [0.2, 0.25) is 0 Å². The molecular weight excluding hydrogens is 386 g/mol. The maximum atomic E-state index is 12.0. The Morgan fingerprint density at radius 1 is 1.03 bits per heavy atom. The molecule has 7 heteroatoms. The Hall–Kier alpha value is -3.74. The Kier molecular flexibility index (Phi) is 6.41. The van der Waals surface area contributed by atoms with Crippen LogP contribution in [0, 0.1) is 0 Å². The number of carboxylic acids is 1. The first-order valence-electron chi connectivity index (χ1n) is 9.52. The summed E-state index contributed by atoms with van der Waals surface area (Å²) in [4.78, 5) is 23.1. The number of hydrogen-bond donors (Lipinski definition) is 2. The van der Waals surface area contributed by atoms with E-state index in [0.717, 1.165) is 22.7 Å². The van der Waals surface area contributed by atoms with Crippen molar-refractivity contribution < 1.29 is 29.3 Å². The summed E-state index contributed by atoms with van der Waals surface area (Å²) in [5, 5.41) is 19.5. The van der Waals surface area contributed by atoms with Gasteiger partial charge in [-0.05, 0) is 67.4 Å². The van der Waals surface area contributed by atoms with Crippen molar-refractivity contribution in [3.63, 3.8) is 0 Å². The molecule has 0 aliphatic heterocycles. The number of phenolic OH excluding ortho intramolecular Hbond substituents is 1. The molecule has 0 aliphatic carbocycles. The third-order valence-corrected chi connectivity index (χ3v) is 4.68. The predicted octanol–water partition coefficient (Wildman–Crippen LogP) is 4.05. The molecule has 1 heterocycles. The molecule has 3 aromatic rings. The van der Waals surface area contributed by atoms with E-state index in [0.29, 0.717) is 12.1 Å². The number of phenols is 1. The van der Waals surface area contributed by atoms with E-state index in [1.807, 2.05) is 41.0 Å². The van der Waals surface area contributed by atoms with Gasteiger partial charge in [0.05, 0.1) is 25.8 Å². The number of carboxylic acid groups (broad SMARTS) is 1. The highest BCUT2D eigenvalue weighted by atomic mass is 16.5. The predicted molar refractivity (Wildman–Crippen MR) is 111 cm³/mol. The van der Waals surface area contributed by atoms with Gasteiger partial charge in [0.25, 0.3) is 0 Å².